The van der Waals surface area contributed by atoms with E-state index in [2.05, 4.69) is 10.6 Å². The van der Waals surface area contributed by atoms with Crippen molar-refractivity contribution >= 4 is 22.6 Å². The summed E-state index contributed by atoms with van der Waals surface area (Å²) >= 11 is 0. The minimum absolute atomic E-state index is 0.0707. The molecule has 1 aromatic heterocycles. The van der Waals surface area contributed by atoms with Crippen molar-refractivity contribution in [3.8, 4) is 28.4 Å². The van der Waals surface area contributed by atoms with Gasteiger partial charge in [-0.1, -0.05) is 12.1 Å². The monoisotopic (exact) mass is 582 g/mol. The minimum atomic E-state index is -0.620. The molecule has 224 valence electrons. The molecule has 2 aliphatic carbocycles. The third kappa shape index (κ3) is 6.54. The molecule has 4 aromatic rings. The molecule has 0 unspecified atom stereocenters. The number of rotatable bonds is 10. The van der Waals surface area contributed by atoms with Crippen molar-refractivity contribution < 1.29 is 23.4 Å². The van der Waals surface area contributed by atoms with Crippen LogP contribution < -0.4 is 30.5 Å². The molecule has 1 heterocycles. The molecule has 0 aliphatic heterocycles. The molecular weight excluding hydrogens is 544 g/mol. The van der Waals surface area contributed by atoms with Crippen LogP contribution in [0.25, 0.3) is 22.1 Å². The van der Waals surface area contributed by atoms with Gasteiger partial charge in [0.15, 0.2) is 0 Å². The number of ether oxygens (including phenoxy) is 3. The van der Waals surface area contributed by atoms with E-state index in [1.54, 1.807) is 38.5 Å². The lowest BCUT2D eigenvalue weighted by molar-refractivity contribution is 0.102. The fraction of sp³-hybridized carbons (Fsp3) is 0.371. The topological polar surface area (TPSA) is 99.0 Å². The first-order valence-corrected chi connectivity index (χ1v) is 15.0. The molecule has 6 rings (SSSR count). The summed E-state index contributed by atoms with van der Waals surface area (Å²) in [5, 5.41) is 7.16. The Morgan fingerprint density at radius 3 is 2.44 bits per heavy atom. The van der Waals surface area contributed by atoms with Gasteiger partial charge in [-0.3, -0.25) is 4.79 Å². The molecule has 0 saturated heterocycles. The zero-order valence-corrected chi connectivity index (χ0v) is 24.9. The van der Waals surface area contributed by atoms with E-state index in [9.17, 15) is 9.59 Å². The third-order valence-corrected chi connectivity index (χ3v) is 8.55. The predicted molar refractivity (Wildman–Crippen MR) is 168 cm³/mol. The maximum Gasteiger partial charge on any atom is 0.360 e. The van der Waals surface area contributed by atoms with E-state index in [1.807, 2.05) is 43.3 Å². The summed E-state index contributed by atoms with van der Waals surface area (Å²) in [6.07, 6.45) is 7.09. The Morgan fingerprint density at radius 1 is 0.907 bits per heavy atom. The summed E-state index contributed by atoms with van der Waals surface area (Å²) in [5.41, 5.74) is 2.62. The van der Waals surface area contributed by atoms with E-state index in [-0.39, 0.29) is 11.8 Å². The predicted octanol–water partition coefficient (Wildman–Crippen LogP) is 6.73. The van der Waals surface area contributed by atoms with Gasteiger partial charge in [0.2, 0.25) is 0 Å². The Hall–Kier alpha value is -4.30. The van der Waals surface area contributed by atoms with Crippen LogP contribution in [0, 0.1) is 12.8 Å². The van der Waals surface area contributed by atoms with Gasteiger partial charge in [-0.15, -0.1) is 0 Å². The molecule has 1 amide bonds. The van der Waals surface area contributed by atoms with Crippen LogP contribution in [0.3, 0.4) is 0 Å². The molecule has 43 heavy (non-hydrogen) atoms. The molecule has 2 saturated carbocycles. The van der Waals surface area contributed by atoms with E-state index >= 15 is 0 Å². The highest BCUT2D eigenvalue weighted by molar-refractivity contribution is 6.05. The van der Waals surface area contributed by atoms with Crippen LogP contribution in [0.1, 0.15) is 54.4 Å². The van der Waals surface area contributed by atoms with Crippen molar-refractivity contribution in [3.63, 3.8) is 0 Å². The van der Waals surface area contributed by atoms with Crippen LogP contribution in [-0.2, 0) is 0 Å². The number of amides is 1. The van der Waals surface area contributed by atoms with Crippen molar-refractivity contribution in [1.29, 1.82) is 0 Å². The number of aryl methyl sites for hydroxylation is 1. The summed E-state index contributed by atoms with van der Waals surface area (Å²) in [6, 6.07) is 18.7. The second-order valence-corrected chi connectivity index (χ2v) is 11.6. The van der Waals surface area contributed by atoms with Gasteiger partial charge in [0.25, 0.3) is 5.91 Å². The quantitative estimate of drug-likeness (QED) is 0.200. The average Bonchev–Trinajstić information content (AvgIpc) is 3.87. The maximum absolute atomic E-state index is 13.3. The molecule has 0 spiro atoms. The van der Waals surface area contributed by atoms with Crippen molar-refractivity contribution in [3.05, 3.63) is 82.2 Å². The second kappa shape index (κ2) is 12.5. The number of fused-ring (bicyclic) bond motifs is 1. The summed E-state index contributed by atoms with van der Waals surface area (Å²) in [4.78, 5) is 26.3. The first kappa shape index (κ1) is 28.8. The number of benzene rings is 3. The molecule has 2 aliphatic rings. The van der Waals surface area contributed by atoms with Gasteiger partial charge in [0.05, 0.1) is 20.3 Å². The SMILES string of the molecule is COc1cccc(-c2cc(C(=O)Nc3cc4ccc(OC5CCC(NCC6CC6)CC5)c(C)c4oc3=O)ccc2OC)c1. The lowest BCUT2D eigenvalue weighted by Gasteiger charge is -2.30. The third-order valence-electron chi connectivity index (χ3n) is 8.55. The van der Waals surface area contributed by atoms with Crippen LogP contribution in [-0.4, -0.2) is 38.8 Å². The first-order chi connectivity index (χ1) is 20.9. The Morgan fingerprint density at radius 2 is 1.70 bits per heavy atom. The summed E-state index contributed by atoms with van der Waals surface area (Å²) in [5.74, 6) is 2.48. The molecule has 8 nitrogen and oxygen atoms in total. The van der Waals surface area contributed by atoms with Gasteiger partial charge in [0, 0.05) is 28.1 Å². The Labute approximate surface area is 251 Å². The lowest BCUT2D eigenvalue weighted by Crippen LogP contribution is -2.37. The first-order valence-electron chi connectivity index (χ1n) is 15.0. The molecule has 8 heteroatoms. The number of hydrogen-bond donors (Lipinski definition) is 2. The highest BCUT2D eigenvalue weighted by Crippen LogP contribution is 2.34. The van der Waals surface area contributed by atoms with Gasteiger partial charge < -0.3 is 29.3 Å². The normalized spacial score (nSPS) is 18.3. The number of hydrogen-bond acceptors (Lipinski definition) is 7. The van der Waals surface area contributed by atoms with E-state index in [1.165, 1.54) is 12.8 Å². The van der Waals surface area contributed by atoms with Gasteiger partial charge in [-0.25, -0.2) is 4.79 Å². The van der Waals surface area contributed by atoms with Crippen molar-refractivity contribution in [1.82, 2.24) is 5.32 Å². The minimum Gasteiger partial charge on any atom is -0.497 e. The van der Waals surface area contributed by atoms with Crippen LogP contribution in [0.15, 0.2) is 69.9 Å². The summed E-state index contributed by atoms with van der Waals surface area (Å²) in [6.45, 7) is 3.05. The van der Waals surface area contributed by atoms with Crippen LogP contribution in [0.4, 0.5) is 5.69 Å². The fourth-order valence-corrected chi connectivity index (χ4v) is 5.80. The number of nitrogens with one attached hydrogen (secondary N) is 2. The molecule has 3 aromatic carbocycles. The number of anilines is 1. The zero-order chi connectivity index (χ0) is 29.9. The van der Waals surface area contributed by atoms with Gasteiger partial charge in [-0.2, -0.15) is 0 Å². The van der Waals surface area contributed by atoms with Crippen molar-refractivity contribution in [2.75, 3.05) is 26.1 Å². The average molecular weight is 583 g/mol. The molecule has 2 N–H and O–H groups in total. The molecule has 0 radical (unpaired) electrons. The second-order valence-electron chi connectivity index (χ2n) is 11.6. The highest BCUT2D eigenvalue weighted by Gasteiger charge is 2.26. The van der Waals surface area contributed by atoms with Crippen molar-refractivity contribution in [2.45, 2.75) is 57.6 Å². The summed E-state index contributed by atoms with van der Waals surface area (Å²) in [7, 11) is 3.18. The molecule has 0 bridgehead atoms. The molecular formula is C35H38N2O6. The Bertz CT molecular complexity index is 1680. The molecule has 2 fully saturated rings. The van der Waals surface area contributed by atoms with Crippen LogP contribution in [0.5, 0.6) is 17.2 Å². The van der Waals surface area contributed by atoms with E-state index in [0.717, 1.165) is 60.6 Å². The van der Waals surface area contributed by atoms with Crippen molar-refractivity contribution in [2.24, 2.45) is 5.92 Å². The van der Waals surface area contributed by atoms with E-state index < -0.39 is 11.5 Å². The number of methoxy groups -OCH3 is 2. The Kier molecular flexibility index (Phi) is 8.38. The number of carbonyl (C=O) groups is 1. The number of carbonyl (C=O) groups excluding carboxylic acids is 1. The van der Waals surface area contributed by atoms with Gasteiger partial charge in [0.1, 0.15) is 28.5 Å². The zero-order valence-electron chi connectivity index (χ0n) is 24.9. The van der Waals surface area contributed by atoms with E-state index in [0.29, 0.717) is 34.1 Å². The van der Waals surface area contributed by atoms with Gasteiger partial charge in [-0.05, 0) is 112 Å². The smallest absolute Gasteiger partial charge is 0.360 e. The van der Waals surface area contributed by atoms with Crippen LogP contribution in [0.2, 0.25) is 0 Å². The van der Waals surface area contributed by atoms with Crippen LogP contribution >= 0.6 is 0 Å². The van der Waals surface area contributed by atoms with E-state index in [4.69, 9.17) is 18.6 Å². The lowest BCUT2D eigenvalue weighted by atomic mass is 9.92. The highest BCUT2D eigenvalue weighted by atomic mass is 16.5. The molecule has 0 atom stereocenters. The van der Waals surface area contributed by atoms with Gasteiger partial charge >= 0.3 is 5.63 Å². The maximum atomic E-state index is 13.3. The standard InChI is InChI=1S/C35H38N2O6/c1-21-31(42-27-13-11-26(12-14-27)36-20-22-7-8-22)15-9-24-19-30(35(39)43-33(21)24)37-34(38)25-10-16-32(41-3)29(18-25)23-5-4-6-28(17-23)40-2/h4-6,9-10,15-19,22,26-27,36H,7-8,11-14,20H2,1-3H3,(H,37,38). The Balaban J connectivity index is 1.16. The summed E-state index contributed by atoms with van der Waals surface area (Å²) < 4.78 is 23.0. The largest absolute Gasteiger partial charge is 0.497 e. The fourth-order valence-electron chi connectivity index (χ4n) is 5.80.